The van der Waals surface area contributed by atoms with Crippen LogP contribution in [0.3, 0.4) is 0 Å². The maximum Gasteiger partial charge on any atom is 0.248 e. The molecule has 0 aliphatic rings. The highest BCUT2D eigenvalue weighted by Gasteiger charge is 2.10. The summed E-state index contributed by atoms with van der Waals surface area (Å²) < 4.78 is 15.0. The lowest BCUT2D eigenvalue weighted by Crippen LogP contribution is -2.08. The van der Waals surface area contributed by atoms with Gasteiger partial charge >= 0.3 is 0 Å². The third-order valence-corrected chi connectivity index (χ3v) is 5.37. The number of carbonyl (C=O) groups excluding carboxylic acids is 1. The van der Waals surface area contributed by atoms with Crippen LogP contribution in [0.25, 0.3) is 28.4 Å². The molecule has 0 radical (unpaired) electrons. The highest BCUT2D eigenvalue weighted by molar-refractivity contribution is 6.02. The van der Waals surface area contributed by atoms with Crippen molar-refractivity contribution in [3.63, 3.8) is 0 Å². The van der Waals surface area contributed by atoms with Crippen LogP contribution >= 0.6 is 0 Å². The second-order valence-electron chi connectivity index (χ2n) is 7.82. The first-order valence-corrected chi connectivity index (χ1v) is 10.7. The number of carbonyl (C=O) groups is 1. The molecule has 0 atom stereocenters. The maximum absolute atomic E-state index is 13.3. The van der Waals surface area contributed by atoms with Crippen molar-refractivity contribution >= 4 is 28.7 Å². The van der Waals surface area contributed by atoms with E-state index in [1.165, 1.54) is 18.2 Å². The Morgan fingerprint density at radius 3 is 2.32 bits per heavy atom. The van der Waals surface area contributed by atoms with E-state index in [0.29, 0.717) is 12.2 Å². The van der Waals surface area contributed by atoms with Crippen LogP contribution in [-0.2, 0) is 18.4 Å². The maximum atomic E-state index is 13.3. The average molecular weight is 452 g/mol. The Balaban J connectivity index is 1.24. The predicted molar refractivity (Wildman–Crippen MR) is 129 cm³/mol. The molecule has 0 unspecified atom stereocenters. The molecule has 1 N–H and O–H groups in total. The molecule has 8 heteroatoms. The average Bonchev–Trinajstić information content (AvgIpc) is 3.42. The van der Waals surface area contributed by atoms with Crippen molar-refractivity contribution in [1.29, 1.82) is 0 Å². The molecule has 0 fully saturated rings. The minimum atomic E-state index is -0.303. The lowest BCUT2D eigenvalue weighted by Gasteiger charge is -2.05. The zero-order chi connectivity index (χ0) is 23.5. The molecule has 2 heterocycles. The fraction of sp³-hybridized carbons (Fsp3) is 0.0769. The van der Waals surface area contributed by atoms with Gasteiger partial charge in [0.2, 0.25) is 5.91 Å². The van der Waals surface area contributed by atoms with E-state index in [-0.39, 0.29) is 11.7 Å². The number of hydrogen-bond donors (Lipinski definition) is 1. The van der Waals surface area contributed by atoms with Gasteiger partial charge in [-0.3, -0.25) is 9.48 Å². The third-order valence-electron chi connectivity index (χ3n) is 5.37. The number of benzene rings is 3. The Hall–Kier alpha value is -4.59. The Morgan fingerprint density at radius 1 is 0.971 bits per heavy atom. The summed E-state index contributed by atoms with van der Waals surface area (Å²) in [5.41, 5.74) is 5.79. The number of anilines is 1. The summed E-state index contributed by atoms with van der Waals surface area (Å²) in [6, 6.07) is 21.5. The summed E-state index contributed by atoms with van der Waals surface area (Å²) in [6.07, 6.45) is 4.82. The zero-order valence-corrected chi connectivity index (χ0v) is 18.4. The van der Waals surface area contributed by atoms with Crippen LogP contribution in [0, 0.1) is 5.82 Å². The van der Waals surface area contributed by atoms with Crippen LogP contribution in [0.15, 0.2) is 85.1 Å². The number of nitrogens with zero attached hydrogens (tertiary/aromatic N) is 5. The second kappa shape index (κ2) is 9.11. The molecule has 5 aromatic rings. The molecule has 0 spiro atoms. The quantitative estimate of drug-likeness (QED) is 0.380. The molecule has 3 aromatic carbocycles. The van der Waals surface area contributed by atoms with Gasteiger partial charge in [0.05, 0.1) is 18.4 Å². The van der Waals surface area contributed by atoms with Crippen molar-refractivity contribution in [2.45, 2.75) is 6.54 Å². The van der Waals surface area contributed by atoms with Gasteiger partial charge in [0.25, 0.3) is 0 Å². The van der Waals surface area contributed by atoms with Crippen LogP contribution in [0.4, 0.5) is 10.1 Å². The van der Waals surface area contributed by atoms with E-state index in [2.05, 4.69) is 20.6 Å². The normalized spacial score (nSPS) is 11.4. The highest BCUT2D eigenvalue weighted by atomic mass is 19.1. The summed E-state index contributed by atoms with van der Waals surface area (Å²) in [4.78, 5) is 14.1. The molecule has 34 heavy (non-hydrogen) atoms. The number of hydrogen-bond acceptors (Lipinski definition) is 4. The Morgan fingerprint density at radius 2 is 1.65 bits per heavy atom. The minimum absolute atomic E-state index is 0.262. The first kappa shape index (κ1) is 21.3. The molecular formula is C26H21FN6O. The number of amides is 1. The van der Waals surface area contributed by atoms with Gasteiger partial charge in [-0.1, -0.05) is 24.3 Å². The summed E-state index contributed by atoms with van der Waals surface area (Å²) in [5.74, 6) is -0.565. The van der Waals surface area contributed by atoms with Crippen molar-refractivity contribution in [1.82, 2.24) is 24.8 Å². The standard InChI is InChI=1S/C26H21FN6O/c1-32-26(19-8-11-21(27)12-9-19)20(16-28-32)10-15-25(34)29-22-13-6-18(7-14-22)17-33-30-23-4-2-3-5-24(23)31-33/h2-16H,17H2,1H3,(H,29,34)/b15-10+. The minimum Gasteiger partial charge on any atom is -0.323 e. The van der Waals surface area contributed by atoms with Gasteiger partial charge in [0, 0.05) is 29.9 Å². The van der Waals surface area contributed by atoms with Crippen LogP contribution in [0.2, 0.25) is 0 Å². The van der Waals surface area contributed by atoms with Crippen molar-refractivity contribution in [3.8, 4) is 11.3 Å². The molecular weight excluding hydrogens is 431 g/mol. The molecule has 2 aromatic heterocycles. The number of halogens is 1. The monoisotopic (exact) mass is 452 g/mol. The molecule has 0 aliphatic heterocycles. The first-order chi connectivity index (χ1) is 16.5. The molecule has 7 nitrogen and oxygen atoms in total. The van der Waals surface area contributed by atoms with Gasteiger partial charge in [-0.15, -0.1) is 0 Å². The fourth-order valence-electron chi connectivity index (χ4n) is 3.72. The predicted octanol–water partition coefficient (Wildman–Crippen LogP) is 4.67. The van der Waals surface area contributed by atoms with Crippen LogP contribution in [-0.4, -0.2) is 30.7 Å². The number of aryl methyl sites for hydroxylation is 1. The van der Waals surface area contributed by atoms with E-state index in [0.717, 1.165) is 33.4 Å². The lowest BCUT2D eigenvalue weighted by molar-refractivity contribution is -0.111. The summed E-state index contributed by atoms with van der Waals surface area (Å²) in [6.45, 7) is 0.538. The topological polar surface area (TPSA) is 77.6 Å². The van der Waals surface area contributed by atoms with Crippen molar-refractivity contribution < 1.29 is 9.18 Å². The largest absolute Gasteiger partial charge is 0.323 e. The third kappa shape index (κ3) is 4.61. The first-order valence-electron chi connectivity index (χ1n) is 10.7. The van der Waals surface area contributed by atoms with Gasteiger partial charge in [-0.2, -0.15) is 20.1 Å². The fourth-order valence-corrected chi connectivity index (χ4v) is 3.72. The van der Waals surface area contributed by atoms with E-state index in [1.54, 1.807) is 40.9 Å². The van der Waals surface area contributed by atoms with Crippen LogP contribution in [0.5, 0.6) is 0 Å². The van der Waals surface area contributed by atoms with Crippen LogP contribution in [0.1, 0.15) is 11.1 Å². The summed E-state index contributed by atoms with van der Waals surface area (Å²) in [5, 5.41) is 16.1. The van der Waals surface area contributed by atoms with Crippen molar-refractivity contribution in [2.75, 3.05) is 5.32 Å². The molecule has 0 aliphatic carbocycles. The highest BCUT2D eigenvalue weighted by Crippen LogP contribution is 2.24. The Kier molecular flexibility index (Phi) is 5.70. The SMILES string of the molecule is Cn1ncc(/C=C/C(=O)Nc2ccc(Cn3nc4ccccc4n3)cc2)c1-c1ccc(F)cc1. The van der Waals surface area contributed by atoms with Gasteiger partial charge in [-0.25, -0.2) is 4.39 Å². The molecule has 0 bridgehead atoms. The van der Waals surface area contributed by atoms with E-state index < -0.39 is 0 Å². The molecule has 0 saturated heterocycles. The Bertz CT molecular complexity index is 1450. The lowest BCUT2D eigenvalue weighted by atomic mass is 10.1. The molecule has 5 rings (SSSR count). The summed E-state index contributed by atoms with van der Waals surface area (Å²) in [7, 11) is 1.80. The van der Waals surface area contributed by atoms with Gasteiger partial charge in [0.15, 0.2) is 0 Å². The smallest absolute Gasteiger partial charge is 0.248 e. The summed E-state index contributed by atoms with van der Waals surface area (Å²) >= 11 is 0. The van der Waals surface area contributed by atoms with Crippen LogP contribution < -0.4 is 5.32 Å². The number of fused-ring (bicyclic) bond motifs is 1. The number of rotatable bonds is 6. The number of nitrogens with one attached hydrogen (secondary N) is 1. The van der Waals surface area contributed by atoms with Crippen molar-refractivity contribution in [2.24, 2.45) is 7.05 Å². The molecule has 1 amide bonds. The Labute approximate surface area is 195 Å². The number of aromatic nitrogens is 5. The van der Waals surface area contributed by atoms with E-state index >= 15 is 0 Å². The van der Waals surface area contributed by atoms with Gasteiger partial charge in [0.1, 0.15) is 16.9 Å². The molecule has 168 valence electrons. The second-order valence-corrected chi connectivity index (χ2v) is 7.82. The van der Waals surface area contributed by atoms with Gasteiger partial charge < -0.3 is 5.32 Å². The zero-order valence-electron chi connectivity index (χ0n) is 18.4. The molecule has 0 saturated carbocycles. The van der Waals surface area contributed by atoms with E-state index in [4.69, 9.17) is 0 Å². The van der Waals surface area contributed by atoms with E-state index in [9.17, 15) is 9.18 Å². The van der Waals surface area contributed by atoms with Crippen molar-refractivity contribution in [3.05, 3.63) is 102 Å². The van der Waals surface area contributed by atoms with Gasteiger partial charge in [-0.05, 0) is 60.2 Å². The van der Waals surface area contributed by atoms with E-state index in [1.807, 2.05) is 48.5 Å².